The van der Waals surface area contributed by atoms with Gasteiger partial charge in [-0.25, -0.2) is 0 Å². The molecule has 112 valence electrons. The summed E-state index contributed by atoms with van der Waals surface area (Å²) in [7, 11) is 1.78. The van der Waals surface area contributed by atoms with Crippen LogP contribution in [-0.4, -0.2) is 35.6 Å². The molecule has 6 heteroatoms. The molecule has 3 rings (SSSR count). The van der Waals surface area contributed by atoms with E-state index < -0.39 is 0 Å². The molecule has 21 heavy (non-hydrogen) atoms. The molecule has 1 aromatic carbocycles. The minimum atomic E-state index is -0.199. The van der Waals surface area contributed by atoms with E-state index >= 15 is 0 Å². The molecule has 0 unspecified atom stereocenters. The van der Waals surface area contributed by atoms with Crippen molar-refractivity contribution in [3.05, 3.63) is 28.1 Å². The van der Waals surface area contributed by atoms with Gasteiger partial charge in [0, 0.05) is 28.7 Å². The van der Waals surface area contributed by atoms with Gasteiger partial charge < -0.3 is 15.7 Å². The molecule has 0 atom stereocenters. The molecule has 4 nitrogen and oxygen atoms in total. The molecule has 2 aromatic rings. The Bertz CT molecular complexity index is 694. The van der Waals surface area contributed by atoms with Crippen LogP contribution >= 0.6 is 22.9 Å². The highest BCUT2D eigenvalue weighted by Gasteiger charge is 2.30. The van der Waals surface area contributed by atoms with Crippen molar-refractivity contribution in [2.45, 2.75) is 18.9 Å². The number of aliphatic hydroxyl groups is 1. The van der Waals surface area contributed by atoms with Crippen LogP contribution in [0.3, 0.4) is 0 Å². The lowest BCUT2D eigenvalue weighted by atomic mass is 9.82. The first kappa shape index (κ1) is 14.6. The summed E-state index contributed by atoms with van der Waals surface area (Å²) in [4.78, 5) is 14.8. The van der Waals surface area contributed by atoms with Gasteiger partial charge in [-0.2, -0.15) is 0 Å². The average molecular weight is 325 g/mol. The third-order valence-corrected chi connectivity index (χ3v) is 5.37. The van der Waals surface area contributed by atoms with Crippen molar-refractivity contribution in [3.63, 3.8) is 0 Å². The van der Waals surface area contributed by atoms with Gasteiger partial charge in [-0.3, -0.25) is 4.79 Å². The number of rotatable bonds is 3. The van der Waals surface area contributed by atoms with Crippen LogP contribution in [0.25, 0.3) is 10.1 Å². The highest BCUT2D eigenvalue weighted by atomic mass is 35.5. The fourth-order valence-electron chi connectivity index (χ4n) is 2.74. The van der Waals surface area contributed by atoms with Gasteiger partial charge >= 0.3 is 0 Å². The molecule has 1 saturated carbocycles. The number of thiophene rings is 1. The molecule has 1 aliphatic carbocycles. The van der Waals surface area contributed by atoms with E-state index in [2.05, 4.69) is 0 Å². The van der Waals surface area contributed by atoms with Crippen LogP contribution in [0.4, 0.5) is 5.69 Å². The topological polar surface area (TPSA) is 66.6 Å². The van der Waals surface area contributed by atoms with Crippen LogP contribution in [0.1, 0.15) is 22.5 Å². The summed E-state index contributed by atoms with van der Waals surface area (Å²) in [5, 5.41) is 10.8. The monoisotopic (exact) mass is 324 g/mol. The molecule has 0 aliphatic heterocycles. The third-order valence-electron chi connectivity index (χ3n) is 3.97. The van der Waals surface area contributed by atoms with Crippen molar-refractivity contribution < 1.29 is 9.90 Å². The van der Waals surface area contributed by atoms with Gasteiger partial charge in [0.1, 0.15) is 4.88 Å². The summed E-state index contributed by atoms with van der Waals surface area (Å²) >= 11 is 7.36. The van der Waals surface area contributed by atoms with Crippen molar-refractivity contribution in [1.82, 2.24) is 4.90 Å². The Morgan fingerprint density at radius 3 is 2.90 bits per heavy atom. The lowest BCUT2D eigenvalue weighted by Gasteiger charge is -2.34. The number of fused-ring (bicyclic) bond motifs is 1. The van der Waals surface area contributed by atoms with E-state index in [4.69, 9.17) is 17.3 Å². The lowest BCUT2D eigenvalue weighted by Crippen LogP contribution is -2.39. The Balaban J connectivity index is 1.82. The minimum absolute atomic E-state index is 0.0637. The number of aliphatic hydroxyl groups excluding tert-OH is 1. The summed E-state index contributed by atoms with van der Waals surface area (Å²) in [6.07, 6.45) is 1.35. The quantitative estimate of drug-likeness (QED) is 0.912. The maximum Gasteiger partial charge on any atom is 0.265 e. The predicted octanol–water partition coefficient (Wildman–Crippen LogP) is 2.98. The zero-order valence-corrected chi connectivity index (χ0v) is 13.2. The second-order valence-electron chi connectivity index (χ2n) is 5.66. The van der Waals surface area contributed by atoms with Gasteiger partial charge in [-0.05, 0) is 37.0 Å². The molecule has 1 aliphatic rings. The summed E-state index contributed by atoms with van der Waals surface area (Å²) < 4.78 is 0.927. The zero-order chi connectivity index (χ0) is 15.1. The smallest absolute Gasteiger partial charge is 0.265 e. The molecule has 0 bridgehead atoms. The van der Waals surface area contributed by atoms with E-state index in [0.29, 0.717) is 28.0 Å². The van der Waals surface area contributed by atoms with Crippen LogP contribution in [0.15, 0.2) is 18.2 Å². The fourth-order valence-corrected chi connectivity index (χ4v) is 4.14. The number of nitrogens with zero attached hydrogens (tertiary/aromatic N) is 1. The first-order chi connectivity index (χ1) is 9.95. The highest BCUT2D eigenvalue weighted by molar-refractivity contribution is 7.21. The largest absolute Gasteiger partial charge is 0.397 e. The standard InChI is InChI=1S/C15H17ClN2O2S/c1-18(7-8-4-10(19)5-8)15(20)14-13(17)11-3-2-9(16)6-12(11)21-14/h2-3,6,8,10,19H,4-5,7,17H2,1H3. The molecule has 1 heterocycles. The maximum atomic E-state index is 12.5. The second-order valence-corrected chi connectivity index (χ2v) is 7.15. The minimum Gasteiger partial charge on any atom is -0.397 e. The van der Waals surface area contributed by atoms with Crippen LogP contribution in [0, 0.1) is 5.92 Å². The number of hydrogen-bond donors (Lipinski definition) is 2. The van der Waals surface area contributed by atoms with Crippen molar-refractivity contribution in [3.8, 4) is 0 Å². The van der Waals surface area contributed by atoms with Crippen molar-refractivity contribution in [2.24, 2.45) is 5.92 Å². The Hall–Kier alpha value is -1.30. The maximum absolute atomic E-state index is 12.5. The van der Waals surface area contributed by atoms with Gasteiger partial charge in [0.15, 0.2) is 0 Å². The van der Waals surface area contributed by atoms with Gasteiger partial charge in [0.25, 0.3) is 5.91 Å². The highest BCUT2D eigenvalue weighted by Crippen LogP contribution is 2.36. The van der Waals surface area contributed by atoms with E-state index in [1.54, 1.807) is 18.0 Å². The first-order valence-corrected chi connectivity index (χ1v) is 8.06. The Morgan fingerprint density at radius 1 is 1.52 bits per heavy atom. The fraction of sp³-hybridized carbons (Fsp3) is 0.400. The van der Waals surface area contributed by atoms with Crippen LogP contribution in [0.5, 0.6) is 0 Å². The van der Waals surface area contributed by atoms with Gasteiger partial charge in [0.2, 0.25) is 0 Å². The molecule has 1 amide bonds. The van der Waals surface area contributed by atoms with E-state index in [-0.39, 0.29) is 12.0 Å². The Labute approximate surface area is 132 Å². The van der Waals surface area contributed by atoms with E-state index in [9.17, 15) is 9.90 Å². The van der Waals surface area contributed by atoms with Crippen molar-refractivity contribution in [1.29, 1.82) is 0 Å². The number of nitrogen functional groups attached to an aromatic ring is 1. The van der Waals surface area contributed by atoms with E-state index in [1.165, 1.54) is 11.3 Å². The number of nitrogens with two attached hydrogens (primary N) is 1. The third kappa shape index (κ3) is 2.73. The number of halogens is 1. The lowest BCUT2D eigenvalue weighted by molar-refractivity contribution is 0.0267. The number of anilines is 1. The molecular weight excluding hydrogens is 308 g/mol. The van der Waals surface area contributed by atoms with E-state index in [0.717, 1.165) is 22.9 Å². The normalized spacial score (nSPS) is 21.3. The Kier molecular flexibility index (Phi) is 3.82. The molecule has 0 spiro atoms. The second kappa shape index (κ2) is 5.48. The predicted molar refractivity (Wildman–Crippen MR) is 86.9 cm³/mol. The van der Waals surface area contributed by atoms with E-state index in [1.807, 2.05) is 12.1 Å². The summed E-state index contributed by atoms with van der Waals surface area (Å²) in [5.41, 5.74) is 6.63. The average Bonchev–Trinajstić information content (AvgIpc) is 2.72. The molecule has 0 saturated heterocycles. The number of carbonyl (C=O) groups is 1. The van der Waals surface area contributed by atoms with Gasteiger partial charge in [0.05, 0.1) is 11.8 Å². The molecule has 1 aromatic heterocycles. The van der Waals surface area contributed by atoms with Crippen LogP contribution in [0.2, 0.25) is 5.02 Å². The SMILES string of the molecule is CN(CC1CC(O)C1)C(=O)c1sc2cc(Cl)ccc2c1N. The molecular formula is C15H17ClN2O2S. The zero-order valence-electron chi connectivity index (χ0n) is 11.7. The van der Waals surface area contributed by atoms with Crippen LogP contribution < -0.4 is 5.73 Å². The molecule has 0 radical (unpaired) electrons. The number of hydrogen-bond acceptors (Lipinski definition) is 4. The molecule has 1 fully saturated rings. The first-order valence-electron chi connectivity index (χ1n) is 6.86. The number of carbonyl (C=O) groups excluding carboxylic acids is 1. The van der Waals surface area contributed by atoms with Crippen molar-refractivity contribution >= 4 is 44.6 Å². The molecule has 3 N–H and O–H groups in total. The van der Waals surface area contributed by atoms with Crippen LogP contribution in [-0.2, 0) is 0 Å². The number of benzene rings is 1. The summed E-state index contributed by atoms with van der Waals surface area (Å²) in [6, 6.07) is 5.46. The van der Waals surface area contributed by atoms with Gasteiger partial charge in [-0.15, -0.1) is 11.3 Å². The Morgan fingerprint density at radius 2 is 2.24 bits per heavy atom. The summed E-state index contributed by atoms with van der Waals surface area (Å²) in [5.74, 6) is 0.324. The van der Waals surface area contributed by atoms with Gasteiger partial charge in [-0.1, -0.05) is 11.6 Å². The number of amides is 1. The summed E-state index contributed by atoms with van der Waals surface area (Å²) in [6.45, 7) is 0.657. The van der Waals surface area contributed by atoms with Crippen molar-refractivity contribution in [2.75, 3.05) is 19.3 Å².